The van der Waals surface area contributed by atoms with Gasteiger partial charge in [-0.2, -0.15) is 13.2 Å². The largest absolute Gasteiger partial charge is 0.416 e. The lowest BCUT2D eigenvalue weighted by molar-refractivity contribution is -0.137. The van der Waals surface area contributed by atoms with Crippen molar-refractivity contribution in [1.29, 1.82) is 0 Å². The average Bonchev–Trinajstić information content (AvgIpc) is 2.68. The molecule has 11 heteroatoms. The Labute approximate surface area is 171 Å². The third kappa shape index (κ3) is 5.13. The van der Waals surface area contributed by atoms with Crippen molar-refractivity contribution < 1.29 is 18.0 Å². The number of carbonyl (C=O) groups excluding carboxylic acids is 1. The molecule has 2 aromatic carbocycles. The molecule has 7 nitrogen and oxygen atoms in total. The van der Waals surface area contributed by atoms with E-state index in [1.165, 1.54) is 18.5 Å². The minimum atomic E-state index is -4.42. The molecule has 150 valence electrons. The van der Waals surface area contributed by atoms with E-state index in [4.69, 9.17) is 5.73 Å². The lowest BCUT2D eigenvalue weighted by Gasteiger charge is -2.14. The number of nitrogens with two attached hydrogens (primary N) is 1. The summed E-state index contributed by atoms with van der Waals surface area (Å²) < 4.78 is 38.8. The van der Waals surface area contributed by atoms with Gasteiger partial charge in [0.05, 0.1) is 5.56 Å². The molecular formula is C18H14BrF3N6O. The number of nitrogens with zero attached hydrogens (tertiary/aromatic N) is 2. The van der Waals surface area contributed by atoms with E-state index >= 15 is 0 Å². The van der Waals surface area contributed by atoms with Gasteiger partial charge < -0.3 is 11.1 Å². The molecule has 0 bridgehead atoms. The summed E-state index contributed by atoms with van der Waals surface area (Å²) in [4.78, 5) is 20.1. The second-order valence-corrected chi connectivity index (χ2v) is 6.69. The zero-order valence-corrected chi connectivity index (χ0v) is 16.2. The van der Waals surface area contributed by atoms with Crippen LogP contribution >= 0.6 is 15.9 Å². The van der Waals surface area contributed by atoms with Crippen LogP contribution < -0.4 is 21.9 Å². The first-order chi connectivity index (χ1) is 13.7. The normalized spacial score (nSPS) is 11.0. The molecule has 3 aromatic rings. The Morgan fingerprint density at radius 3 is 2.21 bits per heavy atom. The number of halogens is 4. The SMILES string of the molecule is Nc1c(NNC(=O)c2ccc(Br)cc2)ncnc1Nc1ccc(C(F)(F)F)cc1. The number of aromatic nitrogens is 2. The number of carbonyl (C=O) groups is 1. The van der Waals surface area contributed by atoms with Crippen LogP contribution in [0.3, 0.4) is 0 Å². The number of benzene rings is 2. The maximum absolute atomic E-state index is 12.6. The first-order valence-electron chi connectivity index (χ1n) is 8.11. The molecule has 0 atom stereocenters. The van der Waals surface area contributed by atoms with Crippen LogP contribution in [0.25, 0.3) is 0 Å². The molecule has 1 amide bonds. The van der Waals surface area contributed by atoms with Gasteiger partial charge in [-0.3, -0.25) is 15.6 Å². The number of anilines is 4. The third-order valence-electron chi connectivity index (χ3n) is 3.76. The molecule has 0 fully saturated rings. The fourth-order valence-corrected chi connectivity index (χ4v) is 2.53. The molecule has 0 spiro atoms. The van der Waals surface area contributed by atoms with Crippen LogP contribution in [0.2, 0.25) is 0 Å². The predicted octanol–water partition coefficient (Wildman–Crippen LogP) is 4.34. The minimum Gasteiger partial charge on any atom is -0.393 e. The van der Waals surface area contributed by atoms with Gasteiger partial charge in [0.25, 0.3) is 5.91 Å². The van der Waals surface area contributed by atoms with E-state index in [0.717, 1.165) is 16.6 Å². The van der Waals surface area contributed by atoms with E-state index in [0.29, 0.717) is 11.3 Å². The number of hydrogen-bond acceptors (Lipinski definition) is 6. The fraction of sp³-hybridized carbons (Fsp3) is 0.0556. The smallest absolute Gasteiger partial charge is 0.393 e. The molecule has 0 aliphatic rings. The Kier molecular flexibility index (Phi) is 5.87. The Hall–Kier alpha value is -3.34. The first-order valence-corrected chi connectivity index (χ1v) is 8.90. The monoisotopic (exact) mass is 466 g/mol. The van der Waals surface area contributed by atoms with Gasteiger partial charge in [-0.05, 0) is 48.5 Å². The van der Waals surface area contributed by atoms with E-state index < -0.39 is 17.6 Å². The molecule has 0 aliphatic heterocycles. The molecule has 3 rings (SSSR count). The minimum absolute atomic E-state index is 0.0727. The van der Waals surface area contributed by atoms with E-state index in [-0.39, 0.29) is 17.3 Å². The van der Waals surface area contributed by atoms with Crippen molar-refractivity contribution in [2.75, 3.05) is 16.5 Å². The fourth-order valence-electron chi connectivity index (χ4n) is 2.26. The Morgan fingerprint density at radius 2 is 1.59 bits per heavy atom. The van der Waals surface area contributed by atoms with Gasteiger partial charge in [-0.15, -0.1) is 0 Å². The summed E-state index contributed by atoms with van der Waals surface area (Å²) in [6, 6.07) is 11.1. The first kappa shape index (κ1) is 20.4. The maximum atomic E-state index is 12.6. The Morgan fingerprint density at radius 1 is 0.966 bits per heavy atom. The van der Waals surface area contributed by atoms with E-state index in [1.807, 2.05) is 0 Å². The van der Waals surface area contributed by atoms with E-state index in [9.17, 15) is 18.0 Å². The number of rotatable bonds is 5. The molecule has 0 radical (unpaired) electrons. The zero-order chi connectivity index (χ0) is 21.0. The summed E-state index contributed by atoms with van der Waals surface area (Å²) in [6.45, 7) is 0. The Bertz CT molecular complexity index is 1010. The number of hydrogen-bond donors (Lipinski definition) is 4. The quantitative estimate of drug-likeness (QED) is 0.417. The van der Waals surface area contributed by atoms with Gasteiger partial charge in [0, 0.05) is 15.7 Å². The van der Waals surface area contributed by atoms with Gasteiger partial charge >= 0.3 is 6.18 Å². The van der Waals surface area contributed by atoms with Crippen molar-refractivity contribution in [2.45, 2.75) is 6.18 Å². The lowest BCUT2D eigenvalue weighted by Crippen LogP contribution is -2.30. The summed E-state index contributed by atoms with van der Waals surface area (Å²) in [5.41, 5.74) is 11.1. The summed E-state index contributed by atoms with van der Waals surface area (Å²) >= 11 is 3.29. The highest BCUT2D eigenvalue weighted by atomic mass is 79.9. The molecule has 1 aromatic heterocycles. The van der Waals surface area contributed by atoms with Crippen LogP contribution in [0.1, 0.15) is 15.9 Å². The number of alkyl halides is 3. The van der Waals surface area contributed by atoms with Crippen molar-refractivity contribution in [3.63, 3.8) is 0 Å². The average molecular weight is 467 g/mol. The van der Waals surface area contributed by atoms with Crippen molar-refractivity contribution in [2.24, 2.45) is 0 Å². The summed E-state index contributed by atoms with van der Waals surface area (Å²) in [5.74, 6) is -0.118. The van der Waals surface area contributed by atoms with Gasteiger partial charge in [-0.1, -0.05) is 15.9 Å². The maximum Gasteiger partial charge on any atom is 0.416 e. The highest BCUT2D eigenvalue weighted by Crippen LogP contribution is 2.31. The summed E-state index contributed by atoms with van der Waals surface area (Å²) in [7, 11) is 0. The molecule has 1 heterocycles. The molecule has 0 saturated carbocycles. The topological polar surface area (TPSA) is 105 Å². The molecule has 0 aliphatic carbocycles. The van der Waals surface area contributed by atoms with Crippen LogP contribution in [0.5, 0.6) is 0 Å². The van der Waals surface area contributed by atoms with E-state index in [1.54, 1.807) is 24.3 Å². The van der Waals surface area contributed by atoms with Crippen LogP contribution in [0.15, 0.2) is 59.3 Å². The van der Waals surface area contributed by atoms with Gasteiger partial charge in [-0.25, -0.2) is 9.97 Å². The number of nitrogens with one attached hydrogen (secondary N) is 3. The second kappa shape index (κ2) is 8.35. The van der Waals surface area contributed by atoms with Crippen molar-refractivity contribution in [1.82, 2.24) is 15.4 Å². The molecule has 29 heavy (non-hydrogen) atoms. The van der Waals surface area contributed by atoms with Gasteiger partial charge in [0.1, 0.15) is 12.0 Å². The van der Waals surface area contributed by atoms with Gasteiger partial charge in [0.2, 0.25) is 0 Å². The van der Waals surface area contributed by atoms with Crippen LogP contribution in [-0.2, 0) is 6.18 Å². The summed E-state index contributed by atoms with van der Waals surface area (Å²) in [5, 5.41) is 2.82. The summed E-state index contributed by atoms with van der Waals surface area (Å²) in [6.07, 6.45) is -3.23. The van der Waals surface area contributed by atoms with Crippen molar-refractivity contribution in [3.05, 3.63) is 70.5 Å². The van der Waals surface area contributed by atoms with Gasteiger partial charge in [0.15, 0.2) is 11.6 Å². The molecule has 0 saturated heterocycles. The number of hydrazine groups is 1. The molecular weight excluding hydrogens is 453 g/mol. The van der Waals surface area contributed by atoms with E-state index in [2.05, 4.69) is 42.1 Å². The van der Waals surface area contributed by atoms with Crippen LogP contribution in [-0.4, -0.2) is 15.9 Å². The number of nitrogen functional groups attached to an aromatic ring is 1. The third-order valence-corrected chi connectivity index (χ3v) is 4.29. The second-order valence-electron chi connectivity index (χ2n) is 5.77. The van der Waals surface area contributed by atoms with Crippen molar-refractivity contribution >= 4 is 44.8 Å². The highest BCUT2D eigenvalue weighted by Gasteiger charge is 2.29. The standard InChI is InChI=1S/C18H14BrF3N6O/c19-12-5-1-10(2-6-12)17(29)28-27-16-14(23)15(24-9-25-16)26-13-7-3-11(4-8-13)18(20,21)22/h1-9H,23H2,(H,28,29)(H2,24,25,26,27). The van der Waals surface area contributed by atoms with Crippen LogP contribution in [0.4, 0.5) is 36.2 Å². The lowest BCUT2D eigenvalue weighted by atomic mass is 10.2. The Balaban J connectivity index is 1.69. The van der Waals surface area contributed by atoms with Crippen molar-refractivity contribution in [3.8, 4) is 0 Å². The van der Waals surface area contributed by atoms with Crippen LogP contribution in [0, 0.1) is 0 Å². The molecule has 0 unspecified atom stereocenters. The number of amides is 1. The predicted molar refractivity (Wildman–Crippen MR) is 106 cm³/mol. The molecule has 5 N–H and O–H groups in total. The zero-order valence-electron chi connectivity index (χ0n) is 14.6. The highest BCUT2D eigenvalue weighted by molar-refractivity contribution is 9.10.